The lowest BCUT2D eigenvalue weighted by molar-refractivity contribution is 0.0693. The lowest BCUT2D eigenvalue weighted by Crippen LogP contribution is -2.01. The molecular weight excluding hydrogens is 242 g/mol. The predicted octanol–water partition coefficient (Wildman–Crippen LogP) is 2.40. The predicted molar refractivity (Wildman–Crippen MR) is 70.1 cm³/mol. The van der Waals surface area contributed by atoms with Crippen LogP contribution in [0.3, 0.4) is 0 Å². The second-order valence-electron chi connectivity index (χ2n) is 4.24. The summed E-state index contributed by atoms with van der Waals surface area (Å²) in [6, 6.07) is 11.6. The fourth-order valence-electron chi connectivity index (χ4n) is 2.03. The second kappa shape index (κ2) is 4.20. The fraction of sp³-hybridized carbons (Fsp3) is 0.0714. The summed E-state index contributed by atoms with van der Waals surface area (Å²) in [6.07, 6.45) is 1.48. The molecule has 1 aromatic carbocycles. The van der Waals surface area contributed by atoms with Crippen LogP contribution in [-0.2, 0) is 0 Å². The van der Waals surface area contributed by atoms with Gasteiger partial charge in [-0.15, -0.1) is 0 Å². The zero-order valence-corrected chi connectivity index (χ0v) is 10.2. The average Bonchev–Trinajstić information content (AvgIpc) is 2.84. The van der Waals surface area contributed by atoms with Crippen molar-refractivity contribution < 1.29 is 9.90 Å². The van der Waals surface area contributed by atoms with E-state index in [4.69, 9.17) is 5.11 Å². The van der Waals surface area contributed by atoms with E-state index in [1.807, 2.05) is 43.3 Å². The van der Waals surface area contributed by atoms with Crippen molar-refractivity contribution in [3.8, 4) is 11.3 Å². The maximum atomic E-state index is 11.1. The molecule has 0 fully saturated rings. The van der Waals surface area contributed by atoms with E-state index in [-0.39, 0.29) is 5.69 Å². The highest BCUT2D eigenvalue weighted by atomic mass is 16.4. The number of carboxylic acid groups (broad SMARTS) is 1. The van der Waals surface area contributed by atoms with Crippen LogP contribution in [0.15, 0.2) is 42.7 Å². The number of hydrogen-bond donors (Lipinski definition) is 1. The first-order valence-electron chi connectivity index (χ1n) is 5.80. The number of rotatable bonds is 2. The van der Waals surface area contributed by atoms with Gasteiger partial charge in [0.15, 0.2) is 11.3 Å². The lowest BCUT2D eigenvalue weighted by Gasteiger charge is -2.05. The SMILES string of the molecule is Cc1cc(-c2ccccc2)nc2c(C(=O)O)ncn12. The monoisotopic (exact) mass is 253 g/mol. The van der Waals surface area contributed by atoms with E-state index in [0.717, 1.165) is 17.0 Å². The van der Waals surface area contributed by atoms with E-state index < -0.39 is 5.97 Å². The first kappa shape index (κ1) is 11.4. The normalized spacial score (nSPS) is 10.8. The molecule has 0 unspecified atom stereocenters. The molecule has 0 aliphatic rings. The Hall–Kier alpha value is -2.69. The third kappa shape index (κ3) is 1.85. The van der Waals surface area contributed by atoms with Gasteiger partial charge in [-0.2, -0.15) is 0 Å². The van der Waals surface area contributed by atoms with Gasteiger partial charge in [0.25, 0.3) is 0 Å². The van der Waals surface area contributed by atoms with E-state index in [1.165, 1.54) is 6.33 Å². The Kier molecular flexibility index (Phi) is 2.52. The molecule has 2 heterocycles. The standard InChI is InChI=1S/C14H11N3O2/c1-9-7-11(10-5-3-2-4-6-10)16-13-12(14(18)19)15-8-17(9)13/h2-8H,1H3,(H,18,19). The van der Waals surface area contributed by atoms with Crippen molar-refractivity contribution in [3.63, 3.8) is 0 Å². The maximum Gasteiger partial charge on any atom is 0.358 e. The van der Waals surface area contributed by atoms with E-state index in [0.29, 0.717) is 5.65 Å². The van der Waals surface area contributed by atoms with E-state index in [1.54, 1.807) is 4.40 Å². The van der Waals surface area contributed by atoms with Crippen LogP contribution < -0.4 is 0 Å². The summed E-state index contributed by atoms with van der Waals surface area (Å²) in [4.78, 5) is 19.4. The van der Waals surface area contributed by atoms with Gasteiger partial charge in [0.2, 0.25) is 0 Å². The van der Waals surface area contributed by atoms with Gasteiger partial charge in [-0.3, -0.25) is 4.40 Å². The second-order valence-corrected chi connectivity index (χ2v) is 4.24. The lowest BCUT2D eigenvalue weighted by atomic mass is 10.1. The number of aryl methyl sites for hydroxylation is 1. The van der Waals surface area contributed by atoms with Crippen molar-refractivity contribution in [1.82, 2.24) is 14.4 Å². The number of hydrogen-bond acceptors (Lipinski definition) is 3. The minimum absolute atomic E-state index is 0.0270. The van der Waals surface area contributed by atoms with Crippen LogP contribution in [0, 0.1) is 6.92 Å². The molecule has 0 amide bonds. The van der Waals surface area contributed by atoms with Crippen molar-refractivity contribution in [2.75, 3.05) is 0 Å². The number of imidazole rings is 1. The zero-order valence-electron chi connectivity index (χ0n) is 10.2. The summed E-state index contributed by atoms with van der Waals surface area (Å²) in [7, 11) is 0. The molecule has 0 radical (unpaired) electrons. The van der Waals surface area contributed by atoms with Gasteiger partial charge < -0.3 is 5.11 Å². The highest BCUT2D eigenvalue weighted by Gasteiger charge is 2.15. The van der Waals surface area contributed by atoms with Crippen molar-refractivity contribution >= 4 is 11.6 Å². The molecule has 0 aliphatic heterocycles. The molecule has 1 N–H and O–H groups in total. The minimum atomic E-state index is -1.07. The van der Waals surface area contributed by atoms with E-state index in [9.17, 15) is 4.79 Å². The first-order valence-corrected chi connectivity index (χ1v) is 5.80. The molecule has 0 aliphatic carbocycles. The summed E-state index contributed by atoms with van der Waals surface area (Å²) in [5.41, 5.74) is 2.93. The number of fused-ring (bicyclic) bond motifs is 1. The molecular formula is C14H11N3O2. The Morgan fingerprint density at radius 1 is 1.26 bits per heavy atom. The largest absolute Gasteiger partial charge is 0.476 e. The molecule has 0 saturated heterocycles. The van der Waals surface area contributed by atoms with Gasteiger partial charge in [-0.1, -0.05) is 30.3 Å². The molecule has 94 valence electrons. The molecule has 5 heteroatoms. The van der Waals surface area contributed by atoms with Gasteiger partial charge in [0.05, 0.1) is 5.69 Å². The maximum absolute atomic E-state index is 11.1. The van der Waals surface area contributed by atoms with Crippen LogP contribution in [0.4, 0.5) is 0 Å². The molecule has 5 nitrogen and oxygen atoms in total. The molecule has 3 aromatic rings. The smallest absolute Gasteiger partial charge is 0.358 e. The zero-order chi connectivity index (χ0) is 13.4. The van der Waals surface area contributed by atoms with Gasteiger partial charge in [-0.05, 0) is 13.0 Å². The summed E-state index contributed by atoms with van der Waals surface area (Å²) in [6.45, 7) is 1.90. The fourth-order valence-corrected chi connectivity index (χ4v) is 2.03. The van der Waals surface area contributed by atoms with Gasteiger partial charge >= 0.3 is 5.97 Å². The molecule has 0 saturated carbocycles. The molecule has 0 atom stereocenters. The first-order chi connectivity index (χ1) is 9.16. The molecule has 0 bridgehead atoms. The van der Waals surface area contributed by atoms with Gasteiger partial charge in [0.1, 0.15) is 6.33 Å². The summed E-state index contributed by atoms with van der Waals surface area (Å²) < 4.78 is 1.68. The third-order valence-electron chi connectivity index (χ3n) is 2.97. The van der Waals surface area contributed by atoms with Crippen molar-refractivity contribution in [3.05, 3.63) is 54.1 Å². The number of benzene rings is 1. The topological polar surface area (TPSA) is 67.5 Å². The van der Waals surface area contributed by atoms with Gasteiger partial charge in [-0.25, -0.2) is 14.8 Å². The van der Waals surface area contributed by atoms with Crippen LogP contribution in [0.1, 0.15) is 16.2 Å². The van der Waals surface area contributed by atoms with E-state index >= 15 is 0 Å². The number of aromatic carboxylic acids is 1. The van der Waals surface area contributed by atoms with Crippen LogP contribution in [0.25, 0.3) is 16.9 Å². The molecule has 2 aromatic heterocycles. The Morgan fingerprint density at radius 2 is 2.00 bits per heavy atom. The highest BCUT2D eigenvalue weighted by Crippen LogP contribution is 2.20. The number of carboxylic acids is 1. The Balaban J connectivity index is 2.28. The van der Waals surface area contributed by atoms with Crippen molar-refractivity contribution in [2.45, 2.75) is 6.92 Å². The summed E-state index contributed by atoms with van der Waals surface area (Å²) >= 11 is 0. The van der Waals surface area contributed by atoms with Crippen molar-refractivity contribution in [1.29, 1.82) is 0 Å². The summed E-state index contributed by atoms with van der Waals surface area (Å²) in [5, 5.41) is 9.11. The molecule has 0 spiro atoms. The highest BCUT2D eigenvalue weighted by molar-refractivity contribution is 5.92. The van der Waals surface area contributed by atoms with Crippen molar-refractivity contribution in [2.24, 2.45) is 0 Å². The van der Waals surface area contributed by atoms with Crippen LogP contribution in [-0.4, -0.2) is 25.4 Å². The Bertz CT molecular complexity index is 763. The van der Waals surface area contributed by atoms with Crippen LogP contribution in [0.5, 0.6) is 0 Å². The van der Waals surface area contributed by atoms with E-state index in [2.05, 4.69) is 9.97 Å². The average molecular weight is 253 g/mol. The van der Waals surface area contributed by atoms with Crippen LogP contribution >= 0.6 is 0 Å². The third-order valence-corrected chi connectivity index (χ3v) is 2.97. The quantitative estimate of drug-likeness (QED) is 0.761. The Morgan fingerprint density at radius 3 is 2.68 bits per heavy atom. The number of aromatic nitrogens is 3. The Labute approximate surface area is 109 Å². The molecule has 19 heavy (non-hydrogen) atoms. The molecule has 3 rings (SSSR count). The van der Waals surface area contributed by atoms with Gasteiger partial charge in [0, 0.05) is 11.3 Å². The number of carbonyl (C=O) groups is 1. The number of nitrogens with zero attached hydrogens (tertiary/aromatic N) is 3. The van der Waals surface area contributed by atoms with Crippen LogP contribution in [0.2, 0.25) is 0 Å². The minimum Gasteiger partial charge on any atom is -0.476 e. The summed E-state index contributed by atoms with van der Waals surface area (Å²) in [5.74, 6) is -1.07.